The summed E-state index contributed by atoms with van der Waals surface area (Å²) in [6, 6.07) is 7.96. The maximum Gasteiger partial charge on any atom is 0.282 e. The van der Waals surface area contributed by atoms with Gasteiger partial charge in [0.2, 0.25) is 0 Å². The minimum atomic E-state index is -2.81. The third-order valence-electron chi connectivity index (χ3n) is 5.89. The number of amides is 1. The molecule has 0 spiro atoms. The molecule has 3 unspecified atom stereocenters. The predicted octanol–water partition coefficient (Wildman–Crippen LogP) is 2.87. The highest BCUT2D eigenvalue weighted by molar-refractivity contribution is 5.96. The maximum absolute atomic E-state index is 13.2. The van der Waals surface area contributed by atoms with Crippen LogP contribution in [0.25, 0.3) is 0 Å². The molecule has 4 rings (SSSR count). The van der Waals surface area contributed by atoms with Crippen molar-refractivity contribution in [2.45, 2.75) is 37.1 Å². The first-order chi connectivity index (χ1) is 12.5. The Balaban J connectivity index is 1.73. The van der Waals surface area contributed by atoms with Gasteiger partial charge in [0, 0.05) is 19.9 Å². The van der Waals surface area contributed by atoms with Gasteiger partial charge in [0.25, 0.3) is 12.3 Å². The minimum absolute atomic E-state index is 0.0297. The van der Waals surface area contributed by atoms with Crippen LogP contribution in [-0.2, 0) is 12.6 Å². The lowest BCUT2D eigenvalue weighted by Gasteiger charge is -2.34. The molecule has 1 saturated carbocycles. The van der Waals surface area contributed by atoms with Crippen molar-refractivity contribution in [3.63, 3.8) is 0 Å². The number of alkyl halides is 2. The van der Waals surface area contributed by atoms with E-state index < -0.39 is 23.6 Å². The first-order valence-electron chi connectivity index (χ1n) is 8.82. The predicted molar refractivity (Wildman–Crippen MR) is 90.9 cm³/mol. The normalized spacial score (nSPS) is 26.3. The van der Waals surface area contributed by atoms with Crippen molar-refractivity contribution in [3.05, 3.63) is 52.8 Å². The Labute approximate surface area is 150 Å². The number of carbonyl (C=O) groups excluding carboxylic acids is 1. The summed E-state index contributed by atoms with van der Waals surface area (Å²) in [6.07, 6.45) is 0.747. The smallest absolute Gasteiger partial charge is 0.282 e. The maximum atomic E-state index is 13.2. The first kappa shape index (κ1) is 17.1. The molecule has 5 nitrogen and oxygen atoms in total. The molecule has 1 amide bonds. The highest BCUT2D eigenvalue weighted by Crippen LogP contribution is 2.60. The fraction of sp³-hybridized carbons (Fsp3) is 0.474. The number of carbonyl (C=O) groups is 1. The van der Waals surface area contributed by atoms with Gasteiger partial charge in [-0.25, -0.2) is 8.78 Å². The van der Waals surface area contributed by atoms with Gasteiger partial charge in [-0.3, -0.25) is 9.48 Å². The van der Waals surface area contributed by atoms with E-state index in [1.54, 1.807) is 0 Å². The van der Waals surface area contributed by atoms with E-state index in [2.05, 4.69) is 16.5 Å². The van der Waals surface area contributed by atoms with Crippen LogP contribution in [0.5, 0.6) is 0 Å². The minimum Gasteiger partial charge on any atom is -0.396 e. The molecule has 2 aliphatic carbocycles. The Bertz CT molecular complexity index is 851. The molecule has 0 saturated heterocycles. The molecule has 0 radical (unpaired) electrons. The fourth-order valence-electron chi connectivity index (χ4n) is 4.97. The van der Waals surface area contributed by atoms with E-state index in [1.807, 2.05) is 18.2 Å². The zero-order chi connectivity index (χ0) is 18.5. The van der Waals surface area contributed by atoms with Crippen LogP contribution in [-0.4, -0.2) is 27.4 Å². The number of nitrogens with zero attached hydrogens (tertiary/aromatic N) is 2. The van der Waals surface area contributed by atoms with Gasteiger partial charge in [-0.15, -0.1) is 0 Å². The molecule has 1 aromatic carbocycles. The lowest BCUT2D eigenvalue weighted by Crippen LogP contribution is -2.47. The second-order valence-electron chi connectivity index (χ2n) is 7.18. The van der Waals surface area contributed by atoms with Gasteiger partial charge >= 0.3 is 0 Å². The number of aryl methyl sites for hydroxylation is 1. The van der Waals surface area contributed by atoms with Gasteiger partial charge in [-0.1, -0.05) is 24.3 Å². The van der Waals surface area contributed by atoms with E-state index in [0.29, 0.717) is 6.42 Å². The number of rotatable bonds is 5. The number of hydrogen-bond donors (Lipinski definition) is 2. The fourth-order valence-corrected chi connectivity index (χ4v) is 4.97. The van der Waals surface area contributed by atoms with Gasteiger partial charge in [0.1, 0.15) is 5.69 Å². The zero-order valence-corrected chi connectivity index (χ0v) is 14.5. The third-order valence-corrected chi connectivity index (χ3v) is 5.89. The van der Waals surface area contributed by atoms with Crippen LogP contribution in [0.15, 0.2) is 30.5 Å². The molecular weight excluding hydrogens is 340 g/mol. The summed E-state index contributed by atoms with van der Waals surface area (Å²) >= 11 is 0. The van der Waals surface area contributed by atoms with Crippen LogP contribution in [0.3, 0.4) is 0 Å². The largest absolute Gasteiger partial charge is 0.396 e. The monoisotopic (exact) mass is 361 g/mol. The molecule has 0 aliphatic heterocycles. The zero-order valence-electron chi connectivity index (χ0n) is 14.5. The van der Waals surface area contributed by atoms with Gasteiger partial charge in [-0.2, -0.15) is 5.10 Å². The number of nitrogens with one attached hydrogen (secondary N) is 1. The summed E-state index contributed by atoms with van der Waals surface area (Å²) in [5, 5.41) is 16.3. The molecular formula is C19H21F2N3O2. The van der Waals surface area contributed by atoms with E-state index in [9.17, 15) is 18.7 Å². The van der Waals surface area contributed by atoms with Crippen LogP contribution in [0.1, 0.15) is 58.8 Å². The average Bonchev–Trinajstić information content (AvgIpc) is 3.24. The van der Waals surface area contributed by atoms with E-state index in [4.69, 9.17) is 0 Å². The molecule has 2 aliphatic rings. The summed E-state index contributed by atoms with van der Waals surface area (Å²) in [7, 11) is 1.52. The highest BCUT2D eigenvalue weighted by Gasteiger charge is 2.57. The Morgan fingerprint density at radius 1 is 1.46 bits per heavy atom. The first-order valence-corrected chi connectivity index (χ1v) is 8.82. The number of fused-ring (bicyclic) bond motifs is 5. The number of benzene rings is 1. The van der Waals surface area contributed by atoms with E-state index in [0.717, 1.165) is 18.4 Å². The van der Waals surface area contributed by atoms with E-state index in [-0.39, 0.29) is 24.0 Å². The highest BCUT2D eigenvalue weighted by atomic mass is 19.3. The lowest BCUT2D eigenvalue weighted by molar-refractivity contribution is 0.0845. The lowest BCUT2D eigenvalue weighted by atomic mass is 9.82. The Morgan fingerprint density at radius 3 is 2.96 bits per heavy atom. The van der Waals surface area contributed by atoms with Crippen LogP contribution in [0, 0.1) is 5.92 Å². The molecule has 2 N–H and O–H groups in total. The van der Waals surface area contributed by atoms with Gasteiger partial charge in [0.15, 0.2) is 0 Å². The molecule has 1 aromatic heterocycles. The molecule has 2 aromatic rings. The number of aliphatic hydroxyl groups excluding tert-OH is 1. The Hall–Kier alpha value is -2.28. The number of halogens is 2. The van der Waals surface area contributed by atoms with Crippen molar-refractivity contribution in [2.75, 3.05) is 6.61 Å². The molecule has 7 heteroatoms. The number of hydrogen-bond acceptors (Lipinski definition) is 3. The van der Waals surface area contributed by atoms with E-state index in [1.165, 1.54) is 23.5 Å². The quantitative estimate of drug-likeness (QED) is 0.861. The second kappa shape index (κ2) is 6.16. The Kier molecular flexibility index (Phi) is 4.06. The van der Waals surface area contributed by atoms with Gasteiger partial charge in [0.05, 0.1) is 11.1 Å². The molecule has 1 fully saturated rings. The Morgan fingerprint density at radius 2 is 2.23 bits per heavy atom. The summed E-state index contributed by atoms with van der Waals surface area (Å²) in [5.74, 6) is -0.184. The summed E-state index contributed by atoms with van der Waals surface area (Å²) in [6.45, 7) is 0.0297. The van der Waals surface area contributed by atoms with Crippen molar-refractivity contribution in [1.29, 1.82) is 0 Å². The van der Waals surface area contributed by atoms with Crippen molar-refractivity contribution in [3.8, 4) is 0 Å². The van der Waals surface area contributed by atoms with Crippen LogP contribution < -0.4 is 5.32 Å². The van der Waals surface area contributed by atoms with Crippen LogP contribution >= 0.6 is 0 Å². The van der Waals surface area contributed by atoms with E-state index >= 15 is 0 Å². The molecule has 1 heterocycles. The molecule has 138 valence electrons. The summed E-state index contributed by atoms with van der Waals surface area (Å²) < 4.78 is 27.7. The molecule has 3 atom stereocenters. The van der Waals surface area contributed by atoms with Gasteiger partial charge in [-0.05, 0) is 42.2 Å². The van der Waals surface area contributed by atoms with Crippen LogP contribution in [0.4, 0.5) is 8.78 Å². The SMILES string of the molecule is Cn1cc(C(=O)NC23CCC(c4ccccc42)C3CCO)c(C(F)F)n1. The summed E-state index contributed by atoms with van der Waals surface area (Å²) in [4.78, 5) is 12.9. The third kappa shape index (κ3) is 2.37. The molecule has 2 bridgehead atoms. The molecule has 26 heavy (non-hydrogen) atoms. The summed E-state index contributed by atoms with van der Waals surface area (Å²) in [5.41, 5.74) is 1.03. The van der Waals surface area contributed by atoms with Crippen molar-refractivity contribution < 1.29 is 18.7 Å². The number of aromatic nitrogens is 2. The van der Waals surface area contributed by atoms with Crippen molar-refractivity contribution in [1.82, 2.24) is 15.1 Å². The average molecular weight is 361 g/mol. The van der Waals surface area contributed by atoms with Gasteiger partial charge < -0.3 is 10.4 Å². The van der Waals surface area contributed by atoms with Crippen LogP contribution in [0.2, 0.25) is 0 Å². The number of aliphatic hydroxyl groups is 1. The topological polar surface area (TPSA) is 67.2 Å². The standard InChI is InChI=1S/C19H21F2N3O2/c1-24-10-13(16(23-24)17(20)21)18(26)22-19-8-6-12(15(19)7-9-25)11-4-2-3-5-14(11)19/h2-5,10,12,15,17,25H,6-9H2,1H3,(H,22,26). The van der Waals surface area contributed by atoms with Crippen molar-refractivity contribution >= 4 is 5.91 Å². The van der Waals surface area contributed by atoms with Crippen molar-refractivity contribution in [2.24, 2.45) is 13.0 Å². The second-order valence-corrected chi connectivity index (χ2v) is 7.18.